The van der Waals surface area contributed by atoms with E-state index in [0.717, 1.165) is 13.0 Å². The average molecular weight is 252 g/mol. The van der Waals surface area contributed by atoms with E-state index in [1.54, 1.807) is 12.1 Å². The number of anilines is 1. The zero-order valence-corrected chi connectivity index (χ0v) is 11.3. The predicted octanol–water partition coefficient (Wildman–Crippen LogP) is 1.02. The molecule has 18 heavy (non-hydrogen) atoms. The molecule has 0 aliphatic heterocycles. The van der Waals surface area contributed by atoms with E-state index >= 15 is 0 Å². The van der Waals surface area contributed by atoms with E-state index in [4.69, 9.17) is 0 Å². The third-order valence-electron chi connectivity index (χ3n) is 2.46. The lowest BCUT2D eigenvalue weighted by molar-refractivity contribution is 0.0593. The van der Waals surface area contributed by atoms with Gasteiger partial charge < -0.3 is 15.0 Å². The summed E-state index contributed by atoms with van der Waals surface area (Å²) in [5.41, 5.74) is 0.212. The van der Waals surface area contributed by atoms with Crippen LogP contribution in [0.25, 0.3) is 0 Å². The summed E-state index contributed by atoms with van der Waals surface area (Å²) < 4.78 is 4.55. The van der Waals surface area contributed by atoms with Crippen LogP contribution in [0.15, 0.2) is 12.1 Å². The second kappa shape index (κ2) is 6.90. The van der Waals surface area contributed by atoms with Crippen molar-refractivity contribution in [2.75, 3.05) is 33.1 Å². The molecule has 0 spiro atoms. The normalized spacial score (nSPS) is 12.3. The smallest absolute Gasteiger partial charge is 0.358 e. The maximum atomic E-state index is 11.2. The van der Waals surface area contributed by atoms with Gasteiger partial charge >= 0.3 is 5.97 Å². The minimum Gasteiger partial charge on any atom is -0.464 e. The number of aromatic nitrogens is 2. The van der Waals surface area contributed by atoms with Gasteiger partial charge in [0.1, 0.15) is 5.82 Å². The minimum absolute atomic E-state index is 0.212. The van der Waals surface area contributed by atoms with Crippen LogP contribution in [0.1, 0.15) is 23.8 Å². The molecule has 1 atom stereocenters. The molecule has 0 bridgehead atoms. The summed E-state index contributed by atoms with van der Waals surface area (Å²) in [7, 11) is 5.40. The second-order valence-electron chi connectivity index (χ2n) is 4.43. The first-order valence-corrected chi connectivity index (χ1v) is 5.86. The fraction of sp³-hybridized carbons (Fsp3) is 0.583. The predicted molar refractivity (Wildman–Crippen MR) is 69.6 cm³/mol. The molecular weight excluding hydrogens is 232 g/mol. The van der Waals surface area contributed by atoms with Crippen LogP contribution in [-0.4, -0.2) is 54.9 Å². The third kappa shape index (κ3) is 4.67. The molecule has 0 saturated carbocycles. The van der Waals surface area contributed by atoms with Gasteiger partial charge in [-0.2, -0.15) is 0 Å². The maximum absolute atomic E-state index is 11.2. The van der Waals surface area contributed by atoms with Crippen LogP contribution in [0.2, 0.25) is 0 Å². The summed E-state index contributed by atoms with van der Waals surface area (Å²) in [4.78, 5) is 13.3. The Morgan fingerprint density at radius 2 is 2.17 bits per heavy atom. The van der Waals surface area contributed by atoms with Gasteiger partial charge in [0, 0.05) is 6.04 Å². The molecule has 0 aliphatic carbocycles. The van der Waals surface area contributed by atoms with Crippen LogP contribution in [-0.2, 0) is 4.74 Å². The lowest BCUT2D eigenvalue weighted by Crippen LogP contribution is -2.23. The monoisotopic (exact) mass is 252 g/mol. The van der Waals surface area contributed by atoms with E-state index in [2.05, 4.69) is 32.1 Å². The van der Waals surface area contributed by atoms with E-state index in [-0.39, 0.29) is 5.69 Å². The lowest BCUT2D eigenvalue weighted by Gasteiger charge is -2.16. The van der Waals surface area contributed by atoms with Crippen molar-refractivity contribution >= 4 is 11.8 Å². The van der Waals surface area contributed by atoms with Gasteiger partial charge in [0.2, 0.25) is 0 Å². The van der Waals surface area contributed by atoms with Crippen molar-refractivity contribution in [3.63, 3.8) is 0 Å². The fourth-order valence-corrected chi connectivity index (χ4v) is 1.40. The van der Waals surface area contributed by atoms with Gasteiger partial charge in [-0.1, -0.05) is 0 Å². The Kier molecular flexibility index (Phi) is 5.51. The molecular formula is C12H20N4O2. The number of esters is 1. The third-order valence-corrected chi connectivity index (χ3v) is 2.46. The highest BCUT2D eigenvalue weighted by molar-refractivity contribution is 5.86. The van der Waals surface area contributed by atoms with Crippen LogP contribution in [0.4, 0.5) is 5.82 Å². The fourth-order valence-electron chi connectivity index (χ4n) is 1.40. The Bertz CT molecular complexity index is 378. The molecule has 0 amide bonds. The summed E-state index contributed by atoms with van der Waals surface area (Å²) in [5.74, 6) is 0.184. The number of rotatable bonds is 6. The summed E-state index contributed by atoms with van der Waals surface area (Å²) >= 11 is 0. The van der Waals surface area contributed by atoms with E-state index in [1.807, 2.05) is 14.1 Å². The van der Waals surface area contributed by atoms with Crippen LogP contribution in [0.3, 0.4) is 0 Å². The first-order chi connectivity index (χ1) is 8.52. The number of carbonyl (C=O) groups excluding carboxylic acids is 1. The van der Waals surface area contributed by atoms with Crippen molar-refractivity contribution < 1.29 is 9.53 Å². The molecule has 0 aliphatic rings. The van der Waals surface area contributed by atoms with Gasteiger partial charge in [-0.25, -0.2) is 4.79 Å². The first kappa shape index (κ1) is 14.4. The van der Waals surface area contributed by atoms with E-state index in [1.165, 1.54) is 7.11 Å². The molecule has 1 rings (SSSR count). The number of hydrogen-bond donors (Lipinski definition) is 1. The zero-order valence-electron chi connectivity index (χ0n) is 11.3. The average Bonchev–Trinajstić information content (AvgIpc) is 2.36. The van der Waals surface area contributed by atoms with Crippen molar-refractivity contribution in [1.29, 1.82) is 0 Å². The molecule has 1 aromatic rings. The molecule has 1 aromatic heterocycles. The van der Waals surface area contributed by atoms with Gasteiger partial charge in [0.15, 0.2) is 5.69 Å². The van der Waals surface area contributed by atoms with Crippen LogP contribution in [0, 0.1) is 0 Å². The largest absolute Gasteiger partial charge is 0.464 e. The van der Waals surface area contributed by atoms with E-state index < -0.39 is 5.97 Å². The molecule has 0 saturated heterocycles. The Balaban J connectivity index is 2.50. The van der Waals surface area contributed by atoms with Crippen LogP contribution in [0.5, 0.6) is 0 Å². The standard InChI is InChI=1S/C12H20N4O2/c1-9(7-8-16(2)3)13-11-6-5-10(14-15-11)12(17)18-4/h5-6,9H,7-8H2,1-4H3,(H,13,15). The highest BCUT2D eigenvalue weighted by atomic mass is 16.5. The van der Waals surface area contributed by atoms with E-state index in [9.17, 15) is 4.79 Å². The van der Waals surface area contributed by atoms with Crippen LogP contribution >= 0.6 is 0 Å². The number of hydrogen-bond acceptors (Lipinski definition) is 6. The summed E-state index contributed by atoms with van der Waals surface area (Å²) in [6.07, 6.45) is 1.01. The van der Waals surface area contributed by atoms with E-state index in [0.29, 0.717) is 11.9 Å². The highest BCUT2D eigenvalue weighted by Crippen LogP contribution is 2.06. The topological polar surface area (TPSA) is 67.3 Å². The molecule has 6 heteroatoms. The number of nitrogens with one attached hydrogen (secondary N) is 1. The number of methoxy groups -OCH3 is 1. The minimum atomic E-state index is -0.477. The Morgan fingerprint density at radius 3 is 2.67 bits per heavy atom. The van der Waals surface area contributed by atoms with Crippen molar-refractivity contribution in [2.24, 2.45) is 0 Å². The Morgan fingerprint density at radius 1 is 1.44 bits per heavy atom. The molecule has 1 unspecified atom stereocenters. The van der Waals surface area contributed by atoms with Gasteiger partial charge in [-0.05, 0) is 46.1 Å². The van der Waals surface area contributed by atoms with Crippen molar-refractivity contribution in [3.05, 3.63) is 17.8 Å². The zero-order chi connectivity index (χ0) is 13.5. The Labute approximate surface area is 107 Å². The molecule has 0 aromatic carbocycles. The van der Waals surface area contributed by atoms with Crippen molar-refractivity contribution in [3.8, 4) is 0 Å². The van der Waals surface area contributed by atoms with Crippen LogP contribution < -0.4 is 5.32 Å². The summed E-state index contributed by atoms with van der Waals surface area (Å²) in [6, 6.07) is 3.62. The molecule has 100 valence electrons. The number of carbonyl (C=O) groups is 1. The lowest BCUT2D eigenvalue weighted by atomic mass is 10.2. The number of nitrogens with zero attached hydrogens (tertiary/aromatic N) is 3. The summed E-state index contributed by atoms with van der Waals surface area (Å²) in [5, 5.41) is 11.0. The molecule has 0 radical (unpaired) electrons. The van der Waals surface area contributed by atoms with Crippen molar-refractivity contribution in [2.45, 2.75) is 19.4 Å². The Hall–Kier alpha value is -1.69. The second-order valence-corrected chi connectivity index (χ2v) is 4.43. The quantitative estimate of drug-likeness (QED) is 0.762. The van der Waals surface area contributed by atoms with Gasteiger partial charge in [0.25, 0.3) is 0 Å². The summed E-state index contributed by atoms with van der Waals surface area (Å²) in [6.45, 7) is 3.08. The molecule has 6 nitrogen and oxygen atoms in total. The molecule has 1 N–H and O–H groups in total. The highest BCUT2D eigenvalue weighted by Gasteiger charge is 2.09. The van der Waals surface area contributed by atoms with Gasteiger partial charge in [0.05, 0.1) is 7.11 Å². The molecule has 0 fully saturated rings. The maximum Gasteiger partial charge on any atom is 0.358 e. The van der Waals surface area contributed by atoms with Gasteiger partial charge in [-0.15, -0.1) is 10.2 Å². The number of ether oxygens (including phenoxy) is 1. The first-order valence-electron chi connectivity index (χ1n) is 5.86. The molecule has 1 heterocycles. The SMILES string of the molecule is COC(=O)c1ccc(NC(C)CCN(C)C)nn1. The van der Waals surface area contributed by atoms with Gasteiger partial charge in [-0.3, -0.25) is 0 Å². The van der Waals surface area contributed by atoms with Crippen molar-refractivity contribution in [1.82, 2.24) is 15.1 Å².